The lowest BCUT2D eigenvalue weighted by atomic mass is 9.85. The molecule has 2 atom stereocenters. The standard InChI is InChI=1S/C15H22FN/c1-10(2)8-15-14(6-7-17-15)13-5-4-12(16)9-11(13)3/h4-5,9-10,14-15,17H,6-8H2,1-3H3. The zero-order chi connectivity index (χ0) is 12.4. The van der Waals surface area contributed by atoms with E-state index in [9.17, 15) is 4.39 Å². The Hall–Kier alpha value is -0.890. The van der Waals surface area contributed by atoms with Crippen LogP contribution in [0.15, 0.2) is 18.2 Å². The molecule has 1 nitrogen and oxygen atoms in total. The third-order valence-electron chi connectivity index (χ3n) is 3.70. The number of hydrogen-bond donors (Lipinski definition) is 1. The van der Waals surface area contributed by atoms with E-state index in [4.69, 9.17) is 0 Å². The van der Waals surface area contributed by atoms with Gasteiger partial charge in [0.15, 0.2) is 0 Å². The van der Waals surface area contributed by atoms with Gasteiger partial charge in [-0.15, -0.1) is 0 Å². The van der Waals surface area contributed by atoms with E-state index in [1.54, 1.807) is 12.1 Å². The van der Waals surface area contributed by atoms with Crippen molar-refractivity contribution in [3.8, 4) is 0 Å². The van der Waals surface area contributed by atoms with Crippen molar-refractivity contribution >= 4 is 0 Å². The van der Waals surface area contributed by atoms with Gasteiger partial charge < -0.3 is 5.32 Å². The summed E-state index contributed by atoms with van der Waals surface area (Å²) >= 11 is 0. The monoisotopic (exact) mass is 235 g/mol. The molecule has 1 fully saturated rings. The van der Waals surface area contributed by atoms with Crippen molar-refractivity contribution in [2.75, 3.05) is 6.54 Å². The maximum absolute atomic E-state index is 13.1. The van der Waals surface area contributed by atoms with E-state index in [0.29, 0.717) is 17.9 Å². The third-order valence-corrected chi connectivity index (χ3v) is 3.70. The lowest BCUT2D eigenvalue weighted by Crippen LogP contribution is -2.27. The van der Waals surface area contributed by atoms with Gasteiger partial charge in [0.05, 0.1) is 0 Å². The average Bonchev–Trinajstić information content (AvgIpc) is 2.65. The quantitative estimate of drug-likeness (QED) is 0.843. The molecule has 94 valence electrons. The Morgan fingerprint density at radius 3 is 2.82 bits per heavy atom. The molecule has 1 aliphatic rings. The predicted molar refractivity (Wildman–Crippen MR) is 69.7 cm³/mol. The van der Waals surface area contributed by atoms with Crippen LogP contribution in [-0.4, -0.2) is 12.6 Å². The Balaban J connectivity index is 2.20. The Bertz CT molecular complexity index is 387. The van der Waals surface area contributed by atoms with Crippen molar-refractivity contribution < 1.29 is 4.39 Å². The summed E-state index contributed by atoms with van der Waals surface area (Å²) in [5.74, 6) is 1.13. The first-order valence-electron chi connectivity index (χ1n) is 6.57. The van der Waals surface area contributed by atoms with Crippen LogP contribution in [0.25, 0.3) is 0 Å². The van der Waals surface area contributed by atoms with Crippen molar-refractivity contribution in [3.63, 3.8) is 0 Å². The van der Waals surface area contributed by atoms with Crippen LogP contribution >= 0.6 is 0 Å². The molecule has 1 heterocycles. The van der Waals surface area contributed by atoms with Crippen LogP contribution in [-0.2, 0) is 0 Å². The Labute approximate surface area is 103 Å². The second-order valence-electron chi connectivity index (χ2n) is 5.59. The highest BCUT2D eigenvalue weighted by atomic mass is 19.1. The lowest BCUT2D eigenvalue weighted by Gasteiger charge is -2.23. The first-order chi connectivity index (χ1) is 8.08. The van der Waals surface area contributed by atoms with E-state index in [1.807, 2.05) is 13.0 Å². The van der Waals surface area contributed by atoms with Gasteiger partial charge in [-0.2, -0.15) is 0 Å². The van der Waals surface area contributed by atoms with Crippen LogP contribution < -0.4 is 5.32 Å². The van der Waals surface area contributed by atoms with Gasteiger partial charge in [0.2, 0.25) is 0 Å². The smallest absolute Gasteiger partial charge is 0.123 e. The molecule has 17 heavy (non-hydrogen) atoms. The van der Waals surface area contributed by atoms with Gasteiger partial charge in [-0.25, -0.2) is 4.39 Å². The summed E-state index contributed by atoms with van der Waals surface area (Å²) in [4.78, 5) is 0. The minimum Gasteiger partial charge on any atom is -0.313 e. The topological polar surface area (TPSA) is 12.0 Å². The van der Waals surface area contributed by atoms with E-state index in [2.05, 4.69) is 19.2 Å². The summed E-state index contributed by atoms with van der Waals surface area (Å²) in [5.41, 5.74) is 2.41. The van der Waals surface area contributed by atoms with Gasteiger partial charge >= 0.3 is 0 Å². The normalized spacial score (nSPS) is 24.5. The molecule has 0 saturated carbocycles. The maximum Gasteiger partial charge on any atom is 0.123 e. The average molecular weight is 235 g/mol. The fraction of sp³-hybridized carbons (Fsp3) is 0.600. The van der Waals surface area contributed by atoms with E-state index < -0.39 is 0 Å². The van der Waals surface area contributed by atoms with Crippen LogP contribution in [0.4, 0.5) is 4.39 Å². The highest BCUT2D eigenvalue weighted by molar-refractivity contribution is 5.32. The van der Waals surface area contributed by atoms with Crippen molar-refractivity contribution in [1.29, 1.82) is 0 Å². The SMILES string of the molecule is Cc1cc(F)ccc1C1CCNC1CC(C)C. The largest absolute Gasteiger partial charge is 0.313 e. The third kappa shape index (κ3) is 2.86. The minimum absolute atomic E-state index is 0.127. The highest BCUT2D eigenvalue weighted by Gasteiger charge is 2.29. The van der Waals surface area contributed by atoms with E-state index >= 15 is 0 Å². The van der Waals surface area contributed by atoms with Crippen molar-refractivity contribution in [2.45, 2.75) is 45.6 Å². The summed E-state index contributed by atoms with van der Waals surface area (Å²) < 4.78 is 13.1. The molecule has 2 rings (SSSR count). The molecular formula is C15H22FN. The Kier molecular flexibility index (Phi) is 3.82. The summed E-state index contributed by atoms with van der Waals surface area (Å²) in [6.45, 7) is 7.62. The molecule has 2 unspecified atom stereocenters. The van der Waals surface area contributed by atoms with Gasteiger partial charge in [0.25, 0.3) is 0 Å². The van der Waals surface area contributed by atoms with Crippen LogP contribution in [0.2, 0.25) is 0 Å². The first-order valence-corrected chi connectivity index (χ1v) is 6.57. The minimum atomic E-state index is -0.127. The molecule has 1 N–H and O–H groups in total. The fourth-order valence-corrected chi connectivity index (χ4v) is 2.95. The van der Waals surface area contributed by atoms with E-state index in [1.165, 1.54) is 18.4 Å². The number of aryl methyl sites for hydroxylation is 1. The zero-order valence-corrected chi connectivity index (χ0v) is 11.0. The summed E-state index contributed by atoms with van der Waals surface area (Å²) in [5, 5.41) is 3.58. The van der Waals surface area contributed by atoms with Gasteiger partial charge in [0, 0.05) is 12.0 Å². The van der Waals surface area contributed by atoms with Gasteiger partial charge in [-0.1, -0.05) is 19.9 Å². The number of nitrogens with one attached hydrogen (secondary N) is 1. The zero-order valence-electron chi connectivity index (χ0n) is 11.0. The van der Waals surface area contributed by atoms with E-state index in [0.717, 1.165) is 12.1 Å². The molecule has 0 aromatic heterocycles. The van der Waals surface area contributed by atoms with E-state index in [-0.39, 0.29) is 5.82 Å². The molecule has 0 amide bonds. The molecule has 0 spiro atoms. The summed E-state index contributed by atoms with van der Waals surface area (Å²) in [6.07, 6.45) is 2.37. The number of halogens is 1. The van der Waals surface area contributed by atoms with Crippen LogP contribution in [0.5, 0.6) is 0 Å². The molecule has 1 aromatic rings. The summed E-state index contributed by atoms with van der Waals surface area (Å²) in [6, 6.07) is 5.77. The second-order valence-corrected chi connectivity index (χ2v) is 5.59. The lowest BCUT2D eigenvalue weighted by molar-refractivity contribution is 0.433. The molecule has 1 saturated heterocycles. The molecule has 1 aliphatic heterocycles. The Morgan fingerprint density at radius 1 is 1.41 bits per heavy atom. The van der Waals surface area contributed by atoms with Crippen molar-refractivity contribution in [3.05, 3.63) is 35.1 Å². The number of rotatable bonds is 3. The van der Waals surface area contributed by atoms with Crippen LogP contribution in [0.3, 0.4) is 0 Å². The fourth-order valence-electron chi connectivity index (χ4n) is 2.95. The van der Waals surface area contributed by atoms with Gasteiger partial charge in [-0.3, -0.25) is 0 Å². The number of hydrogen-bond acceptors (Lipinski definition) is 1. The van der Waals surface area contributed by atoms with Crippen molar-refractivity contribution in [1.82, 2.24) is 5.32 Å². The molecule has 0 bridgehead atoms. The molecular weight excluding hydrogens is 213 g/mol. The second kappa shape index (κ2) is 5.18. The highest BCUT2D eigenvalue weighted by Crippen LogP contribution is 2.33. The summed E-state index contributed by atoms with van der Waals surface area (Å²) in [7, 11) is 0. The first kappa shape index (κ1) is 12.6. The van der Waals surface area contributed by atoms with Gasteiger partial charge in [-0.05, 0) is 55.5 Å². The number of benzene rings is 1. The van der Waals surface area contributed by atoms with Gasteiger partial charge in [0.1, 0.15) is 5.82 Å². The Morgan fingerprint density at radius 2 is 2.18 bits per heavy atom. The molecule has 1 aromatic carbocycles. The molecule has 0 aliphatic carbocycles. The maximum atomic E-state index is 13.1. The van der Waals surface area contributed by atoms with Crippen molar-refractivity contribution in [2.24, 2.45) is 5.92 Å². The molecule has 0 radical (unpaired) electrons. The van der Waals surface area contributed by atoms with Crippen LogP contribution in [0, 0.1) is 18.7 Å². The predicted octanol–water partition coefficient (Wildman–Crippen LogP) is 3.63. The molecule has 2 heteroatoms. The van der Waals surface area contributed by atoms with Crippen LogP contribution in [0.1, 0.15) is 43.7 Å².